The summed E-state index contributed by atoms with van der Waals surface area (Å²) in [5.74, 6) is 0. The van der Waals surface area contributed by atoms with Gasteiger partial charge in [0.1, 0.15) is 12.2 Å². The topological polar surface area (TPSA) is 40.5 Å². The molecule has 0 fully saturated rings. The first kappa shape index (κ1) is 11.6. The second kappa shape index (κ2) is 4.17. The van der Waals surface area contributed by atoms with Crippen LogP contribution in [0.4, 0.5) is 0 Å². The van der Waals surface area contributed by atoms with Crippen molar-refractivity contribution < 1.29 is 10.2 Å². The maximum absolute atomic E-state index is 10.2. The maximum atomic E-state index is 10.2. The highest BCUT2D eigenvalue weighted by Crippen LogP contribution is 2.34. The molecule has 2 N–H and O–H groups in total. The Kier molecular flexibility index (Phi) is 2.43. The van der Waals surface area contributed by atoms with Crippen molar-refractivity contribution in [2.45, 2.75) is 12.2 Å². The Balaban J connectivity index is 2.11. The molecule has 1 aliphatic carbocycles. The Bertz CT molecular complexity index is 849. The lowest BCUT2D eigenvalue weighted by Gasteiger charge is -2.22. The van der Waals surface area contributed by atoms with Crippen molar-refractivity contribution in [1.29, 1.82) is 0 Å². The number of rotatable bonds is 0. The predicted molar refractivity (Wildman–Crippen MR) is 81.5 cm³/mol. The van der Waals surface area contributed by atoms with E-state index >= 15 is 0 Å². The van der Waals surface area contributed by atoms with Crippen LogP contribution in [-0.4, -0.2) is 16.3 Å². The third-order valence-corrected chi connectivity index (χ3v) is 4.06. The van der Waals surface area contributed by atoms with Crippen molar-refractivity contribution in [2.75, 3.05) is 0 Å². The van der Waals surface area contributed by atoms with Crippen LogP contribution in [0.15, 0.2) is 54.6 Å². The largest absolute Gasteiger partial charge is 0.386 e. The Labute approximate surface area is 116 Å². The summed E-state index contributed by atoms with van der Waals surface area (Å²) in [5, 5.41) is 24.5. The van der Waals surface area contributed by atoms with E-state index in [0.717, 1.165) is 21.9 Å². The molecule has 0 aliphatic heterocycles. The Morgan fingerprint density at radius 2 is 1.60 bits per heavy atom. The zero-order valence-electron chi connectivity index (χ0n) is 10.8. The van der Waals surface area contributed by atoms with E-state index in [1.165, 1.54) is 10.8 Å². The summed E-state index contributed by atoms with van der Waals surface area (Å²) in [5.41, 5.74) is 1.77. The first-order valence-corrected chi connectivity index (χ1v) is 6.74. The fraction of sp³-hybridized carbons (Fsp3) is 0.111. The first-order chi connectivity index (χ1) is 9.74. The van der Waals surface area contributed by atoms with Crippen molar-refractivity contribution in [3.05, 3.63) is 65.7 Å². The van der Waals surface area contributed by atoms with Gasteiger partial charge in [0.15, 0.2) is 0 Å². The Hall–Kier alpha value is -2.16. The van der Waals surface area contributed by atoms with E-state index < -0.39 is 12.2 Å². The van der Waals surface area contributed by atoms with Gasteiger partial charge in [-0.05, 0) is 44.8 Å². The molecule has 20 heavy (non-hydrogen) atoms. The molecule has 2 atom stereocenters. The van der Waals surface area contributed by atoms with Gasteiger partial charge < -0.3 is 10.2 Å². The van der Waals surface area contributed by atoms with Crippen LogP contribution in [0.1, 0.15) is 17.2 Å². The fourth-order valence-corrected chi connectivity index (χ4v) is 2.98. The molecule has 1 aliphatic rings. The van der Waals surface area contributed by atoms with Crippen LogP contribution in [0.25, 0.3) is 27.6 Å². The molecule has 0 bridgehead atoms. The third-order valence-electron chi connectivity index (χ3n) is 4.06. The highest BCUT2D eigenvalue weighted by molar-refractivity contribution is 6.08. The number of hydrogen-bond acceptors (Lipinski definition) is 2. The molecule has 0 saturated heterocycles. The zero-order chi connectivity index (χ0) is 13.7. The van der Waals surface area contributed by atoms with Crippen LogP contribution < -0.4 is 0 Å². The average Bonchev–Trinajstić information content (AvgIpc) is 2.49. The molecule has 3 aromatic rings. The van der Waals surface area contributed by atoms with Crippen LogP contribution in [0.3, 0.4) is 0 Å². The minimum atomic E-state index is -0.849. The van der Waals surface area contributed by atoms with Gasteiger partial charge in [-0.1, -0.05) is 48.6 Å². The lowest BCUT2D eigenvalue weighted by atomic mass is 9.89. The van der Waals surface area contributed by atoms with Gasteiger partial charge in [-0.2, -0.15) is 0 Å². The van der Waals surface area contributed by atoms with Crippen LogP contribution in [0.2, 0.25) is 0 Å². The lowest BCUT2D eigenvalue weighted by Crippen LogP contribution is -2.19. The number of fused-ring (bicyclic) bond motifs is 4. The van der Waals surface area contributed by atoms with Crippen molar-refractivity contribution in [3.63, 3.8) is 0 Å². The minimum Gasteiger partial charge on any atom is -0.386 e. The standard InChI is InChI=1S/C18H14O2/c19-17-8-7-13-9-12-6-5-11-3-1-2-4-14(11)15(12)10-16(13)18(17)20/h1-10,17-20H/t17-,18+/m0/s1. The van der Waals surface area contributed by atoms with Gasteiger partial charge >= 0.3 is 0 Å². The SMILES string of the molecule is O[C@@H]1c2cc3c(ccc4ccccc43)cc2C=C[C@@H]1O. The van der Waals surface area contributed by atoms with Crippen molar-refractivity contribution in [2.24, 2.45) is 0 Å². The second-order valence-corrected chi connectivity index (χ2v) is 5.28. The van der Waals surface area contributed by atoms with Gasteiger partial charge in [-0.3, -0.25) is 0 Å². The summed E-state index contributed by atoms with van der Waals surface area (Å²) in [7, 11) is 0. The molecule has 2 nitrogen and oxygen atoms in total. The number of aliphatic hydroxyl groups is 2. The molecule has 0 heterocycles. The van der Waals surface area contributed by atoms with Crippen molar-refractivity contribution >= 4 is 27.6 Å². The van der Waals surface area contributed by atoms with E-state index in [0.29, 0.717) is 0 Å². The van der Waals surface area contributed by atoms with Crippen LogP contribution in [-0.2, 0) is 0 Å². The van der Waals surface area contributed by atoms with Crippen LogP contribution in [0, 0.1) is 0 Å². The molecule has 0 saturated carbocycles. The Morgan fingerprint density at radius 1 is 0.800 bits per heavy atom. The highest BCUT2D eigenvalue weighted by atomic mass is 16.3. The molecule has 98 valence electrons. The molecule has 0 amide bonds. The summed E-state index contributed by atoms with van der Waals surface area (Å²) in [6.07, 6.45) is 1.84. The molecular formula is C18H14O2. The summed E-state index contributed by atoms with van der Waals surface area (Å²) >= 11 is 0. The van der Waals surface area contributed by atoms with Gasteiger partial charge in [-0.25, -0.2) is 0 Å². The van der Waals surface area contributed by atoms with Crippen LogP contribution in [0.5, 0.6) is 0 Å². The van der Waals surface area contributed by atoms with Crippen LogP contribution >= 0.6 is 0 Å². The van der Waals surface area contributed by atoms with Gasteiger partial charge in [0.05, 0.1) is 0 Å². The summed E-state index contributed by atoms with van der Waals surface area (Å²) < 4.78 is 0. The van der Waals surface area contributed by atoms with Crippen molar-refractivity contribution in [1.82, 2.24) is 0 Å². The molecule has 0 spiro atoms. The molecule has 0 radical (unpaired) electrons. The Morgan fingerprint density at radius 3 is 2.50 bits per heavy atom. The molecule has 0 aromatic heterocycles. The number of benzene rings is 3. The first-order valence-electron chi connectivity index (χ1n) is 6.74. The zero-order valence-corrected chi connectivity index (χ0v) is 10.8. The molecule has 4 rings (SSSR count). The normalized spacial score (nSPS) is 21.3. The molecule has 3 aromatic carbocycles. The summed E-state index contributed by atoms with van der Waals surface area (Å²) in [4.78, 5) is 0. The van der Waals surface area contributed by atoms with Gasteiger partial charge in [-0.15, -0.1) is 0 Å². The smallest absolute Gasteiger partial charge is 0.109 e. The summed E-state index contributed by atoms with van der Waals surface area (Å²) in [6, 6.07) is 16.5. The minimum absolute atomic E-state index is 0.795. The lowest BCUT2D eigenvalue weighted by molar-refractivity contribution is 0.0471. The quantitative estimate of drug-likeness (QED) is 0.609. The number of aliphatic hydroxyl groups excluding tert-OH is 2. The average molecular weight is 262 g/mol. The van der Waals surface area contributed by atoms with Gasteiger partial charge in [0, 0.05) is 0 Å². The van der Waals surface area contributed by atoms with Gasteiger partial charge in [0.2, 0.25) is 0 Å². The highest BCUT2D eigenvalue weighted by Gasteiger charge is 2.22. The maximum Gasteiger partial charge on any atom is 0.109 e. The number of hydrogen-bond donors (Lipinski definition) is 2. The monoisotopic (exact) mass is 262 g/mol. The molecule has 2 heteroatoms. The fourth-order valence-electron chi connectivity index (χ4n) is 2.98. The van der Waals surface area contributed by atoms with E-state index in [9.17, 15) is 10.2 Å². The van der Waals surface area contributed by atoms with E-state index in [1.807, 2.05) is 24.3 Å². The van der Waals surface area contributed by atoms with E-state index in [1.54, 1.807) is 6.08 Å². The van der Waals surface area contributed by atoms with E-state index in [2.05, 4.69) is 30.3 Å². The predicted octanol–water partition coefficient (Wildman–Crippen LogP) is 3.41. The second-order valence-electron chi connectivity index (χ2n) is 5.28. The van der Waals surface area contributed by atoms with E-state index in [4.69, 9.17) is 0 Å². The summed E-state index contributed by atoms with van der Waals surface area (Å²) in [6.45, 7) is 0. The third kappa shape index (κ3) is 1.59. The van der Waals surface area contributed by atoms with Crippen molar-refractivity contribution in [3.8, 4) is 0 Å². The van der Waals surface area contributed by atoms with E-state index in [-0.39, 0.29) is 0 Å². The van der Waals surface area contributed by atoms with Gasteiger partial charge in [0.25, 0.3) is 0 Å². The molecule has 0 unspecified atom stereocenters. The molecular weight excluding hydrogens is 248 g/mol.